The largest absolute Gasteiger partial charge is 0.506 e. The van der Waals surface area contributed by atoms with Crippen LogP contribution in [-0.2, 0) is 56.2 Å². The second kappa shape index (κ2) is 29.8. The summed E-state index contributed by atoms with van der Waals surface area (Å²) in [5, 5.41) is 26.3. The molecule has 7 aromatic carbocycles. The number of nitrogens with zero attached hydrogens (tertiary/aromatic N) is 6. The first-order valence-corrected chi connectivity index (χ1v) is 36.0. The Bertz CT molecular complexity index is 5460. The number of carbonyl (C=O) groups excluding carboxylic acids is 4. The van der Waals surface area contributed by atoms with Gasteiger partial charge in [-0.25, -0.2) is 35.2 Å². The molecule has 6 aromatic heterocycles. The van der Waals surface area contributed by atoms with Crippen molar-refractivity contribution in [2.45, 2.75) is 80.7 Å². The minimum Gasteiger partial charge on any atom is -0.506 e. The number of pyridine rings is 3. The van der Waals surface area contributed by atoms with E-state index in [2.05, 4.69) is 41.3 Å². The van der Waals surface area contributed by atoms with Gasteiger partial charge in [-0.3, -0.25) is 28.8 Å². The molecule has 1 fully saturated rings. The number of para-hydroxylation sites is 1. The fourth-order valence-electron chi connectivity index (χ4n) is 11.2. The molecule has 100 heavy (non-hydrogen) atoms. The lowest BCUT2D eigenvalue weighted by molar-refractivity contribution is 0.0920. The highest BCUT2D eigenvalue weighted by molar-refractivity contribution is 7.92. The molecule has 22 nitrogen and oxygen atoms in total. The molecular formula is C75H64N10O12S3. The van der Waals surface area contributed by atoms with Crippen LogP contribution in [0.5, 0.6) is 5.75 Å². The maximum absolute atomic E-state index is 13.2. The van der Waals surface area contributed by atoms with Crippen molar-refractivity contribution in [1.29, 1.82) is 0 Å². The maximum Gasteiger partial charge on any atom is 0.287 e. The molecule has 1 aliphatic rings. The van der Waals surface area contributed by atoms with E-state index in [9.17, 15) is 49.5 Å². The summed E-state index contributed by atoms with van der Waals surface area (Å²) in [4.78, 5) is 62.6. The predicted molar refractivity (Wildman–Crippen MR) is 373 cm³/mol. The highest BCUT2D eigenvalue weighted by Gasteiger charge is 2.25. The summed E-state index contributed by atoms with van der Waals surface area (Å²) < 4.78 is 87.6. The van der Waals surface area contributed by atoms with Crippen LogP contribution in [0.2, 0.25) is 0 Å². The molecule has 1 saturated carbocycles. The van der Waals surface area contributed by atoms with Gasteiger partial charge in [0.15, 0.2) is 11.3 Å². The van der Waals surface area contributed by atoms with Crippen molar-refractivity contribution in [1.82, 2.24) is 50.4 Å². The smallest absolute Gasteiger partial charge is 0.287 e. The third-order valence-electron chi connectivity index (χ3n) is 16.6. The summed E-state index contributed by atoms with van der Waals surface area (Å²) in [5.41, 5.74) is 7.10. The molecule has 0 bridgehead atoms. The molecule has 0 spiro atoms. The van der Waals surface area contributed by atoms with Gasteiger partial charge in [-0.2, -0.15) is 5.10 Å². The fraction of sp³-hybridized carbons (Fsp3) is 0.120. The predicted octanol–water partition coefficient (Wildman–Crippen LogP) is 11.5. The summed E-state index contributed by atoms with van der Waals surface area (Å²) in [7, 11) is -9.47. The molecular weight excluding hydrogens is 1330 g/mol. The third-order valence-corrected chi connectivity index (χ3v) is 22.0. The lowest BCUT2D eigenvalue weighted by Crippen LogP contribution is -2.32. The first kappa shape index (κ1) is 68.0. The molecule has 0 saturated heterocycles. The summed E-state index contributed by atoms with van der Waals surface area (Å²) in [6.45, 7) is 0.692. The van der Waals surface area contributed by atoms with Crippen LogP contribution >= 0.6 is 0 Å². The van der Waals surface area contributed by atoms with E-state index in [1.54, 1.807) is 175 Å². The molecule has 5 N–H and O–H groups in total. The van der Waals surface area contributed by atoms with Gasteiger partial charge >= 0.3 is 0 Å². The van der Waals surface area contributed by atoms with Crippen LogP contribution in [0, 0.1) is 0 Å². The molecule has 1 aliphatic carbocycles. The number of imidazole rings is 1. The Morgan fingerprint density at radius 2 is 1.10 bits per heavy atom. The Labute approximate surface area is 575 Å². The number of hydrogen-bond acceptors (Lipinski definition) is 16. The molecule has 13 aromatic rings. The SMILES string of the molecule is Cn1ncc2cccc(S(=O)(=O)c3ccc(CNC(=O)c4ccc5nccn5c4)cc3)c21.O=C(NC1CCCC1)c1cccc(S(=O)(=O)c2ccc(CNC(=O)c3cc4ccncc4o3)cc2)c1.O=C(NCc1ccc(S(=O)(=O)c2ccc(-c3ccccc3)cc2)cc1)c1ccc(O)cn1. The van der Waals surface area contributed by atoms with E-state index in [1.165, 1.54) is 54.7 Å². The van der Waals surface area contributed by atoms with Crippen LogP contribution in [0.15, 0.2) is 283 Å². The number of hydrogen-bond donors (Lipinski definition) is 5. The van der Waals surface area contributed by atoms with Gasteiger partial charge in [-0.15, -0.1) is 0 Å². The second-order valence-corrected chi connectivity index (χ2v) is 29.2. The zero-order chi connectivity index (χ0) is 70.0. The lowest BCUT2D eigenvalue weighted by atomic mass is 10.1. The van der Waals surface area contributed by atoms with Gasteiger partial charge in [0.2, 0.25) is 29.5 Å². The number of nitrogens with one attached hydrogen (secondary N) is 4. The van der Waals surface area contributed by atoms with Crippen molar-refractivity contribution in [2.75, 3.05) is 0 Å². The van der Waals surface area contributed by atoms with Crippen molar-refractivity contribution in [3.8, 4) is 16.9 Å². The molecule has 0 unspecified atom stereocenters. The van der Waals surface area contributed by atoms with Crippen molar-refractivity contribution >= 4 is 80.7 Å². The minimum atomic E-state index is -3.82. The van der Waals surface area contributed by atoms with Crippen LogP contribution in [0.3, 0.4) is 0 Å². The van der Waals surface area contributed by atoms with E-state index in [1.807, 2.05) is 36.4 Å². The number of sulfone groups is 3. The fourth-order valence-corrected chi connectivity index (χ4v) is 15.2. The Balaban J connectivity index is 0.000000143. The topological polar surface area (TPSA) is 313 Å². The molecule has 0 aliphatic heterocycles. The molecule has 14 rings (SSSR count). The monoisotopic (exact) mass is 1390 g/mol. The first-order chi connectivity index (χ1) is 48.3. The number of amides is 4. The lowest BCUT2D eigenvalue weighted by Gasteiger charge is -2.13. The first-order valence-electron chi connectivity index (χ1n) is 31.5. The zero-order valence-corrected chi connectivity index (χ0v) is 56.0. The summed E-state index contributed by atoms with van der Waals surface area (Å²) in [6, 6.07) is 56.8. The highest BCUT2D eigenvalue weighted by Crippen LogP contribution is 2.30. The zero-order valence-electron chi connectivity index (χ0n) is 53.5. The van der Waals surface area contributed by atoms with Gasteiger partial charge in [0.1, 0.15) is 17.1 Å². The second-order valence-electron chi connectivity index (χ2n) is 23.4. The number of aromatic hydroxyl groups is 1. The molecule has 25 heteroatoms. The van der Waals surface area contributed by atoms with Gasteiger partial charge in [-0.05, 0) is 150 Å². The Morgan fingerprint density at radius 3 is 1.73 bits per heavy atom. The number of fused-ring (bicyclic) bond motifs is 3. The molecule has 4 amide bonds. The van der Waals surface area contributed by atoms with Crippen molar-refractivity contribution in [2.24, 2.45) is 7.05 Å². The Hall–Kier alpha value is -11.9. The summed E-state index contributed by atoms with van der Waals surface area (Å²) in [5.74, 6) is -1.09. The number of rotatable bonds is 18. The van der Waals surface area contributed by atoms with E-state index in [-0.39, 0.29) is 95.9 Å². The summed E-state index contributed by atoms with van der Waals surface area (Å²) in [6.07, 6.45) is 15.3. The number of carbonyl (C=O) groups is 4. The maximum atomic E-state index is 13.2. The number of aromatic nitrogens is 6. The van der Waals surface area contributed by atoms with Crippen molar-refractivity contribution in [3.63, 3.8) is 0 Å². The average molecular weight is 1390 g/mol. The standard InChI is InChI=1S/C27H25N3O5S.C25H20N2O4S.C23H19N5O3S/c31-26(30-21-5-1-2-6-21)20-4-3-7-23(14-20)36(33,34)22-10-8-18(9-11-22)16-29-27(32)24-15-19-12-13-28-17-25(19)35-24;28-21-10-15-24(26-17-21)25(29)27-16-18-6-11-22(12-7-18)32(30,31)23-13-8-20(9-14-23)19-4-2-1-3-5-19;1-27-22-17(14-26-27)3-2-4-20(22)32(30,31)19-8-5-16(6-9-19)13-25-23(29)18-7-10-21-24-11-12-28(21)15-18/h3-4,7-15,17,21H,1-2,5-6,16H2,(H,29,32)(H,30,31);1-15,17,28H,16H2,(H,27,29);2-12,14-15H,13H2,1H3,(H,25,29). The Morgan fingerprint density at radius 1 is 0.510 bits per heavy atom. The van der Waals surface area contributed by atoms with Crippen LogP contribution in [0.1, 0.15) is 84.1 Å². The van der Waals surface area contributed by atoms with E-state index >= 15 is 0 Å². The normalized spacial score (nSPS) is 12.4. The average Bonchev–Trinajstić information content (AvgIpc) is 1.49. The van der Waals surface area contributed by atoms with Crippen LogP contribution in [-0.4, -0.2) is 89.2 Å². The van der Waals surface area contributed by atoms with Gasteiger partial charge in [0.25, 0.3) is 23.6 Å². The van der Waals surface area contributed by atoms with Crippen LogP contribution in [0.4, 0.5) is 0 Å². The van der Waals surface area contributed by atoms with Gasteiger partial charge in [-0.1, -0.05) is 110 Å². The quantitative estimate of drug-likeness (QED) is 0.0533. The highest BCUT2D eigenvalue weighted by atomic mass is 32.2. The molecule has 0 atom stereocenters. The van der Waals surface area contributed by atoms with Crippen molar-refractivity contribution in [3.05, 3.63) is 289 Å². The number of benzene rings is 7. The summed E-state index contributed by atoms with van der Waals surface area (Å²) >= 11 is 0. The van der Waals surface area contributed by atoms with E-state index in [4.69, 9.17) is 4.42 Å². The number of aryl methyl sites for hydroxylation is 1. The number of furan rings is 1. The van der Waals surface area contributed by atoms with Crippen molar-refractivity contribution < 1.29 is 54.0 Å². The third kappa shape index (κ3) is 15.7. The van der Waals surface area contributed by atoms with Gasteiger partial charge < -0.3 is 35.2 Å². The molecule has 0 radical (unpaired) electrons. The van der Waals surface area contributed by atoms with Gasteiger partial charge in [0.05, 0.1) is 59.0 Å². The van der Waals surface area contributed by atoms with Crippen LogP contribution in [0.25, 0.3) is 38.6 Å². The Kier molecular flexibility index (Phi) is 20.3. The van der Waals surface area contributed by atoms with E-state index in [0.29, 0.717) is 22.2 Å². The van der Waals surface area contributed by atoms with E-state index < -0.39 is 29.5 Å². The van der Waals surface area contributed by atoms with Crippen LogP contribution < -0.4 is 21.3 Å². The van der Waals surface area contributed by atoms with E-state index in [0.717, 1.165) is 69.9 Å². The molecule has 6 heterocycles. The minimum absolute atomic E-state index is 0.0203. The molecule has 504 valence electrons. The van der Waals surface area contributed by atoms with Gasteiger partial charge in [0, 0.05) is 73.8 Å².